The number of phenolic OH excluding ortho intramolecular Hbond substituents is 1. The van der Waals surface area contributed by atoms with Gasteiger partial charge in [-0.1, -0.05) is 78.9 Å². The van der Waals surface area contributed by atoms with Gasteiger partial charge >= 0.3 is 0 Å². The van der Waals surface area contributed by atoms with Crippen LogP contribution in [0.15, 0.2) is 91.0 Å². The summed E-state index contributed by atoms with van der Waals surface area (Å²) in [5, 5.41) is 14.2. The van der Waals surface area contributed by atoms with E-state index >= 15 is 0 Å². The summed E-state index contributed by atoms with van der Waals surface area (Å²) >= 11 is 0. The lowest BCUT2D eigenvalue weighted by Gasteiger charge is -2.18. The van der Waals surface area contributed by atoms with E-state index in [2.05, 4.69) is 0 Å². The lowest BCUT2D eigenvalue weighted by Crippen LogP contribution is -2.13. The molecule has 5 rings (SSSR count). The fourth-order valence-electron chi connectivity index (χ4n) is 5.42. The molecule has 0 fully saturated rings. The van der Waals surface area contributed by atoms with Crippen LogP contribution in [0.5, 0.6) is 11.5 Å². The summed E-state index contributed by atoms with van der Waals surface area (Å²) in [6.07, 6.45) is 0.153. The number of carbonyl (C=O) groups excluding carboxylic acids is 2. The maximum Gasteiger partial charge on any atom is 0.163 e. The third kappa shape index (κ3) is 5.72. The van der Waals surface area contributed by atoms with Gasteiger partial charge in [-0.15, -0.1) is 0 Å². The molecule has 5 aromatic carbocycles. The molecular formula is C34H30O6S. The fraction of sp³-hybridized carbons (Fsp3) is 0.176. The molecule has 7 heteroatoms. The van der Waals surface area contributed by atoms with E-state index < -0.39 is 9.84 Å². The number of hydrogen-bond acceptors (Lipinski definition) is 6. The Bertz CT molecular complexity index is 1910. The van der Waals surface area contributed by atoms with Crippen molar-refractivity contribution in [1.29, 1.82) is 0 Å². The molecule has 0 aliphatic carbocycles. The molecule has 0 bridgehead atoms. The standard InChI is InChI=1S/C34H30O6S/c1-22(35)25-11-5-7-14-28(25)31(36)16-9-19-41(38,39)21-24-20-30(34(40-2)29-15-8-6-12-26(24)29)33-27-13-4-3-10-23(27)17-18-32(33)37/h3-8,10-15,17-18,20,37H,9,16,19,21H2,1-2H3. The van der Waals surface area contributed by atoms with Crippen LogP contribution in [0.4, 0.5) is 0 Å². The minimum atomic E-state index is -3.62. The van der Waals surface area contributed by atoms with Crippen molar-refractivity contribution in [1.82, 2.24) is 0 Å². The third-order valence-corrected chi connectivity index (χ3v) is 8.96. The van der Waals surface area contributed by atoms with Crippen molar-refractivity contribution in [2.75, 3.05) is 12.9 Å². The predicted molar refractivity (Wildman–Crippen MR) is 163 cm³/mol. The number of sulfone groups is 1. The molecule has 208 valence electrons. The predicted octanol–water partition coefficient (Wildman–Crippen LogP) is 7.15. The molecule has 0 spiro atoms. The Morgan fingerprint density at radius 3 is 2.15 bits per heavy atom. The number of fused-ring (bicyclic) bond motifs is 2. The fourth-order valence-corrected chi connectivity index (χ4v) is 6.86. The highest BCUT2D eigenvalue weighted by molar-refractivity contribution is 7.90. The first-order chi connectivity index (χ1) is 19.7. The van der Waals surface area contributed by atoms with Crippen molar-refractivity contribution >= 4 is 42.9 Å². The van der Waals surface area contributed by atoms with Gasteiger partial charge in [0.05, 0.1) is 18.6 Å². The quantitative estimate of drug-likeness (QED) is 0.180. The maximum atomic E-state index is 13.4. The highest BCUT2D eigenvalue weighted by Gasteiger charge is 2.22. The molecule has 41 heavy (non-hydrogen) atoms. The van der Waals surface area contributed by atoms with Crippen LogP contribution < -0.4 is 4.74 Å². The van der Waals surface area contributed by atoms with Gasteiger partial charge < -0.3 is 9.84 Å². The Labute approximate surface area is 239 Å². The zero-order valence-electron chi connectivity index (χ0n) is 22.9. The number of Topliss-reactive ketones (excluding diaryl/α,β-unsaturated/α-hetero) is 2. The number of aromatic hydroxyl groups is 1. The lowest BCUT2D eigenvalue weighted by molar-refractivity contribution is 0.0961. The Kier molecular flexibility index (Phi) is 7.90. The Morgan fingerprint density at radius 2 is 1.44 bits per heavy atom. The molecular weight excluding hydrogens is 536 g/mol. The summed E-state index contributed by atoms with van der Waals surface area (Å²) < 4.78 is 32.6. The Hall–Kier alpha value is -4.49. The first-order valence-corrected chi connectivity index (χ1v) is 15.2. The Morgan fingerprint density at radius 1 is 0.805 bits per heavy atom. The molecule has 0 aromatic heterocycles. The number of hydrogen-bond donors (Lipinski definition) is 1. The monoisotopic (exact) mass is 566 g/mol. The lowest BCUT2D eigenvalue weighted by atomic mass is 9.92. The first-order valence-electron chi connectivity index (χ1n) is 13.3. The van der Waals surface area contributed by atoms with E-state index in [9.17, 15) is 23.1 Å². The summed E-state index contributed by atoms with van der Waals surface area (Å²) in [6.45, 7) is 1.40. The average molecular weight is 567 g/mol. The second-order valence-corrected chi connectivity index (χ2v) is 12.2. The molecule has 0 unspecified atom stereocenters. The summed E-state index contributed by atoms with van der Waals surface area (Å²) in [7, 11) is -2.06. The van der Waals surface area contributed by atoms with Crippen LogP contribution in [0.2, 0.25) is 0 Å². The summed E-state index contributed by atoms with van der Waals surface area (Å²) in [5.41, 5.74) is 2.41. The van der Waals surface area contributed by atoms with Gasteiger partial charge in [-0.25, -0.2) is 8.42 Å². The highest BCUT2D eigenvalue weighted by Crippen LogP contribution is 2.45. The van der Waals surface area contributed by atoms with Crippen LogP contribution in [0.25, 0.3) is 32.7 Å². The molecule has 0 amide bonds. The number of phenols is 1. The average Bonchev–Trinajstić information content (AvgIpc) is 2.96. The van der Waals surface area contributed by atoms with Crippen molar-refractivity contribution in [3.8, 4) is 22.6 Å². The van der Waals surface area contributed by atoms with E-state index in [1.54, 1.807) is 43.5 Å². The molecule has 0 atom stereocenters. The normalized spacial score (nSPS) is 11.6. The van der Waals surface area contributed by atoms with E-state index in [0.29, 0.717) is 33.6 Å². The van der Waals surface area contributed by atoms with Gasteiger partial charge in [0, 0.05) is 34.1 Å². The van der Waals surface area contributed by atoms with Gasteiger partial charge in [0.1, 0.15) is 11.5 Å². The topological polar surface area (TPSA) is 97.7 Å². The molecule has 0 saturated carbocycles. The first kappa shape index (κ1) is 28.1. The van der Waals surface area contributed by atoms with Gasteiger partial charge in [-0.3, -0.25) is 9.59 Å². The molecule has 6 nitrogen and oxygen atoms in total. The van der Waals surface area contributed by atoms with Crippen molar-refractivity contribution in [3.63, 3.8) is 0 Å². The molecule has 0 heterocycles. The minimum absolute atomic E-state index is 0.0159. The second-order valence-electron chi connectivity index (χ2n) is 10.1. The van der Waals surface area contributed by atoms with Gasteiger partial charge in [0.15, 0.2) is 21.4 Å². The van der Waals surface area contributed by atoms with E-state index in [-0.39, 0.29) is 41.7 Å². The van der Waals surface area contributed by atoms with Crippen molar-refractivity contribution in [3.05, 3.63) is 108 Å². The van der Waals surface area contributed by atoms with Crippen molar-refractivity contribution in [2.24, 2.45) is 0 Å². The molecule has 0 aliphatic rings. The van der Waals surface area contributed by atoms with Crippen LogP contribution in [0, 0.1) is 0 Å². The summed E-state index contributed by atoms with van der Waals surface area (Å²) in [5.74, 6) is -0.279. The number of ether oxygens (including phenoxy) is 1. The summed E-state index contributed by atoms with van der Waals surface area (Å²) in [4.78, 5) is 24.7. The smallest absolute Gasteiger partial charge is 0.163 e. The third-order valence-electron chi connectivity index (χ3n) is 7.30. The van der Waals surface area contributed by atoms with E-state index in [1.165, 1.54) is 6.92 Å². The summed E-state index contributed by atoms with van der Waals surface area (Å²) in [6, 6.07) is 27.0. The maximum absolute atomic E-state index is 13.4. The van der Waals surface area contributed by atoms with Crippen LogP contribution >= 0.6 is 0 Å². The molecule has 0 radical (unpaired) electrons. The van der Waals surface area contributed by atoms with E-state index in [4.69, 9.17) is 4.74 Å². The number of benzene rings is 5. The minimum Gasteiger partial charge on any atom is -0.507 e. The number of rotatable bonds is 10. The van der Waals surface area contributed by atoms with Crippen LogP contribution in [-0.2, 0) is 15.6 Å². The van der Waals surface area contributed by atoms with Crippen LogP contribution in [0.1, 0.15) is 46.0 Å². The zero-order valence-corrected chi connectivity index (χ0v) is 23.7. The molecule has 0 aliphatic heterocycles. The van der Waals surface area contributed by atoms with Crippen LogP contribution in [-0.4, -0.2) is 38.0 Å². The molecule has 0 saturated heterocycles. The number of carbonyl (C=O) groups is 2. The largest absolute Gasteiger partial charge is 0.507 e. The van der Waals surface area contributed by atoms with Gasteiger partial charge in [0.25, 0.3) is 0 Å². The Balaban J connectivity index is 1.49. The zero-order chi connectivity index (χ0) is 29.1. The van der Waals surface area contributed by atoms with Gasteiger partial charge in [-0.05, 0) is 47.2 Å². The van der Waals surface area contributed by atoms with E-state index in [0.717, 1.165) is 21.5 Å². The molecule has 1 N–H and O–H groups in total. The van der Waals surface area contributed by atoms with E-state index in [1.807, 2.05) is 54.6 Å². The number of methoxy groups -OCH3 is 1. The second kappa shape index (κ2) is 11.6. The van der Waals surface area contributed by atoms with Gasteiger partial charge in [0.2, 0.25) is 0 Å². The highest BCUT2D eigenvalue weighted by atomic mass is 32.2. The molecule has 5 aromatic rings. The van der Waals surface area contributed by atoms with Crippen LogP contribution in [0.3, 0.4) is 0 Å². The number of ketones is 2. The van der Waals surface area contributed by atoms with Crippen molar-refractivity contribution < 1.29 is 27.9 Å². The van der Waals surface area contributed by atoms with Gasteiger partial charge in [-0.2, -0.15) is 0 Å². The SMILES string of the molecule is COc1c(-c2c(O)ccc3ccccc23)cc(CS(=O)(=O)CCCC(=O)c2ccccc2C(C)=O)c2ccccc12. The van der Waals surface area contributed by atoms with Crippen molar-refractivity contribution in [2.45, 2.75) is 25.5 Å².